The van der Waals surface area contributed by atoms with Crippen LogP contribution in [-0.2, 0) is 16.1 Å². The second kappa shape index (κ2) is 9.58. The second-order valence-corrected chi connectivity index (χ2v) is 8.06. The van der Waals surface area contributed by atoms with Crippen LogP contribution in [0, 0.1) is 0 Å². The number of ether oxygens (including phenoxy) is 2. The molecular formula is C30H24O3. The summed E-state index contributed by atoms with van der Waals surface area (Å²) in [6, 6.07) is 37.5. The quantitative estimate of drug-likeness (QED) is 0.328. The Bertz CT molecular complexity index is 1250. The van der Waals surface area contributed by atoms with E-state index in [0.29, 0.717) is 5.75 Å². The van der Waals surface area contributed by atoms with Crippen LogP contribution in [0.25, 0.3) is 6.08 Å². The Labute approximate surface area is 193 Å². The molecule has 1 aliphatic rings. The predicted molar refractivity (Wildman–Crippen MR) is 130 cm³/mol. The molecule has 0 unspecified atom stereocenters. The number of para-hydroxylation sites is 1. The molecule has 0 amide bonds. The Morgan fingerprint density at radius 3 is 2.09 bits per heavy atom. The van der Waals surface area contributed by atoms with Gasteiger partial charge in [0.1, 0.15) is 18.1 Å². The van der Waals surface area contributed by atoms with Gasteiger partial charge in [0.2, 0.25) is 0 Å². The summed E-state index contributed by atoms with van der Waals surface area (Å²) >= 11 is 0. The van der Waals surface area contributed by atoms with Crippen LogP contribution >= 0.6 is 0 Å². The van der Waals surface area contributed by atoms with Crippen molar-refractivity contribution in [2.24, 2.45) is 0 Å². The molecule has 0 spiro atoms. The number of carbonyl (C=O) groups excluding carboxylic acids is 1. The SMILES string of the molecule is O=C(OCc1ccccc1)[C@H]1c2ccccc2O/C(=C\c2ccccc2)[C@@H]1c1ccccc1. The number of rotatable bonds is 5. The van der Waals surface area contributed by atoms with Crippen LogP contribution in [0.4, 0.5) is 0 Å². The van der Waals surface area contributed by atoms with Gasteiger partial charge in [-0.05, 0) is 28.8 Å². The van der Waals surface area contributed by atoms with E-state index >= 15 is 0 Å². The van der Waals surface area contributed by atoms with Gasteiger partial charge in [0.15, 0.2) is 0 Å². The zero-order valence-corrected chi connectivity index (χ0v) is 18.1. The summed E-state index contributed by atoms with van der Waals surface area (Å²) in [5, 5.41) is 0. The highest BCUT2D eigenvalue weighted by atomic mass is 16.5. The Morgan fingerprint density at radius 1 is 0.758 bits per heavy atom. The average molecular weight is 433 g/mol. The van der Waals surface area contributed by atoms with E-state index in [1.807, 2.05) is 121 Å². The third kappa shape index (κ3) is 4.58. The van der Waals surface area contributed by atoms with Crippen molar-refractivity contribution >= 4 is 12.0 Å². The number of allylic oxidation sites excluding steroid dienone is 1. The molecule has 1 aliphatic heterocycles. The summed E-state index contributed by atoms with van der Waals surface area (Å²) in [4.78, 5) is 13.6. The molecule has 33 heavy (non-hydrogen) atoms. The molecular weight excluding hydrogens is 408 g/mol. The third-order valence-electron chi connectivity index (χ3n) is 5.87. The van der Waals surface area contributed by atoms with Gasteiger partial charge < -0.3 is 9.47 Å². The molecule has 162 valence electrons. The van der Waals surface area contributed by atoms with Crippen molar-refractivity contribution in [3.63, 3.8) is 0 Å². The van der Waals surface area contributed by atoms with E-state index in [2.05, 4.69) is 0 Å². The Balaban J connectivity index is 1.58. The normalized spacial score (nSPS) is 18.2. The van der Waals surface area contributed by atoms with Gasteiger partial charge in [0, 0.05) is 5.56 Å². The third-order valence-corrected chi connectivity index (χ3v) is 5.87. The Morgan fingerprint density at radius 2 is 1.36 bits per heavy atom. The number of hydrogen-bond donors (Lipinski definition) is 0. The van der Waals surface area contributed by atoms with Crippen molar-refractivity contribution in [1.29, 1.82) is 0 Å². The first-order valence-electron chi connectivity index (χ1n) is 11.1. The molecule has 0 aromatic heterocycles. The van der Waals surface area contributed by atoms with Gasteiger partial charge >= 0.3 is 5.97 Å². The van der Waals surface area contributed by atoms with Gasteiger partial charge in [-0.2, -0.15) is 0 Å². The Hall–Kier alpha value is -4.11. The van der Waals surface area contributed by atoms with Crippen LogP contribution in [0.5, 0.6) is 5.75 Å². The molecule has 3 nitrogen and oxygen atoms in total. The number of esters is 1. The van der Waals surface area contributed by atoms with E-state index in [9.17, 15) is 4.79 Å². The molecule has 0 bridgehead atoms. The van der Waals surface area contributed by atoms with Gasteiger partial charge in [-0.1, -0.05) is 109 Å². The highest BCUT2D eigenvalue weighted by molar-refractivity contribution is 5.83. The zero-order chi connectivity index (χ0) is 22.5. The van der Waals surface area contributed by atoms with E-state index in [1.54, 1.807) is 0 Å². The highest BCUT2D eigenvalue weighted by Gasteiger charge is 2.41. The molecule has 5 rings (SSSR count). The maximum Gasteiger partial charge on any atom is 0.314 e. The molecule has 4 aromatic carbocycles. The lowest BCUT2D eigenvalue weighted by Crippen LogP contribution is -2.29. The lowest BCUT2D eigenvalue weighted by atomic mass is 9.77. The molecule has 0 saturated heterocycles. The fourth-order valence-electron chi connectivity index (χ4n) is 4.30. The molecule has 0 aliphatic carbocycles. The van der Waals surface area contributed by atoms with Crippen molar-refractivity contribution in [3.8, 4) is 5.75 Å². The summed E-state index contributed by atoms with van der Waals surface area (Å²) < 4.78 is 12.3. The molecule has 4 aromatic rings. The lowest BCUT2D eigenvalue weighted by Gasteiger charge is -2.34. The summed E-state index contributed by atoms with van der Waals surface area (Å²) in [5.74, 6) is 0.337. The van der Waals surface area contributed by atoms with Crippen molar-refractivity contribution < 1.29 is 14.3 Å². The van der Waals surface area contributed by atoms with E-state index in [1.165, 1.54) is 0 Å². The monoisotopic (exact) mass is 432 g/mol. The minimum Gasteiger partial charge on any atom is -0.461 e. The fourth-order valence-corrected chi connectivity index (χ4v) is 4.30. The maximum atomic E-state index is 13.6. The number of carbonyl (C=O) groups is 1. The lowest BCUT2D eigenvalue weighted by molar-refractivity contribution is -0.147. The minimum absolute atomic E-state index is 0.235. The van der Waals surface area contributed by atoms with Crippen LogP contribution < -0.4 is 4.74 Å². The second-order valence-electron chi connectivity index (χ2n) is 8.06. The molecule has 0 N–H and O–H groups in total. The van der Waals surface area contributed by atoms with Crippen molar-refractivity contribution in [1.82, 2.24) is 0 Å². The number of benzene rings is 4. The van der Waals surface area contributed by atoms with Crippen LogP contribution in [0.3, 0.4) is 0 Å². The van der Waals surface area contributed by atoms with E-state index in [4.69, 9.17) is 9.47 Å². The molecule has 0 radical (unpaired) electrons. The molecule has 0 saturated carbocycles. The van der Waals surface area contributed by atoms with E-state index < -0.39 is 5.92 Å². The maximum absolute atomic E-state index is 13.6. The van der Waals surface area contributed by atoms with E-state index in [0.717, 1.165) is 28.0 Å². The molecule has 3 heteroatoms. The standard InChI is InChI=1S/C30H24O3/c31-30(32-21-23-14-6-2-7-15-23)29-25-18-10-11-19-26(25)33-27(20-22-12-4-1-5-13-22)28(29)24-16-8-3-9-17-24/h1-20,28-29H,21H2/b27-20-/t28-,29-/m0/s1. The van der Waals surface area contributed by atoms with Crippen LogP contribution in [0.15, 0.2) is 121 Å². The topological polar surface area (TPSA) is 35.5 Å². The van der Waals surface area contributed by atoms with Gasteiger partial charge in [-0.15, -0.1) is 0 Å². The smallest absolute Gasteiger partial charge is 0.314 e. The predicted octanol–water partition coefficient (Wildman–Crippen LogP) is 6.73. The van der Waals surface area contributed by atoms with Crippen LogP contribution in [-0.4, -0.2) is 5.97 Å². The first kappa shape index (κ1) is 20.8. The van der Waals surface area contributed by atoms with Crippen LogP contribution in [0.1, 0.15) is 34.1 Å². The highest BCUT2D eigenvalue weighted by Crippen LogP contribution is 2.48. The summed E-state index contributed by atoms with van der Waals surface area (Å²) in [6.45, 7) is 0.235. The van der Waals surface area contributed by atoms with Crippen LogP contribution in [0.2, 0.25) is 0 Å². The molecule has 0 fully saturated rings. The Kier molecular flexibility index (Phi) is 6.03. The molecule has 2 atom stereocenters. The van der Waals surface area contributed by atoms with E-state index in [-0.39, 0.29) is 18.5 Å². The van der Waals surface area contributed by atoms with Gasteiger partial charge in [0.05, 0.1) is 11.8 Å². The first-order valence-corrected chi connectivity index (χ1v) is 11.1. The summed E-state index contributed by atoms with van der Waals surface area (Å²) in [6.07, 6.45) is 2.02. The first-order chi connectivity index (χ1) is 16.3. The summed E-state index contributed by atoms with van der Waals surface area (Å²) in [7, 11) is 0. The number of fused-ring (bicyclic) bond motifs is 1. The summed E-state index contributed by atoms with van der Waals surface area (Å²) in [5.41, 5.74) is 3.83. The van der Waals surface area contributed by atoms with Gasteiger partial charge in [0.25, 0.3) is 0 Å². The largest absolute Gasteiger partial charge is 0.461 e. The van der Waals surface area contributed by atoms with Crippen molar-refractivity contribution in [2.45, 2.75) is 18.4 Å². The fraction of sp³-hybridized carbons (Fsp3) is 0.100. The zero-order valence-electron chi connectivity index (χ0n) is 18.1. The van der Waals surface area contributed by atoms with Gasteiger partial charge in [-0.3, -0.25) is 4.79 Å². The van der Waals surface area contributed by atoms with Crippen molar-refractivity contribution in [3.05, 3.63) is 143 Å². The number of hydrogen-bond acceptors (Lipinski definition) is 3. The average Bonchev–Trinajstić information content (AvgIpc) is 2.88. The molecule has 1 heterocycles. The van der Waals surface area contributed by atoms with Gasteiger partial charge in [-0.25, -0.2) is 0 Å². The van der Waals surface area contributed by atoms with Crippen molar-refractivity contribution in [2.75, 3.05) is 0 Å². The minimum atomic E-state index is -0.518.